The molecule has 0 aliphatic carbocycles. The number of hydrogen-bond donors (Lipinski definition) is 1. The number of ether oxygens (including phenoxy) is 1. The van der Waals surface area contributed by atoms with Gasteiger partial charge < -0.3 is 14.6 Å². The number of aromatic nitrogens is 3. The molecule has 1 N–H and O–H groups in total. The molecule has 110 valence electrons. The van der Waals surface area contributed by atoms with Crippen LogP contribution >= 0.6 is 0 Å². The third-order valence-corrected chi connectivity index (χ3v) is 3.22. The lowest BCUT2D eigenvalue weighted by atomic mass is 10.2. The average molecular weight is 288 g/mol. The minimum absolute atomic E-state index is 0.0723. The van der Waals surface area contributed by atoms with E-state index < -0.39 is 0 Å². The van der Waals surface area contributed by atoms with Crippen molar-refractivity contribution < 1.29 is 14.1 Å². The molecular weight excluding hydrogens is 272 g/mol. The van der Waals surface area contributed by atoms with Gasteiger partial charge in [0.05, 0.1) is 0 Å². The third-order valence-electron chi connectivity index (χ3n) is 3.22. The van der Waals surface area contributed by atoms with Crippen molar-refractivity contribution in [1.29, 1.82) is 0 Å². The number of carbonyl (C=O) groups excluding carboxylic acids is 1. The normalized spacial score (nSPS) is 17.8. The van der Waals surface area contributed by atoms with Crippen molar-refractivity contribution in [3.05, 3.63) is 30.3 Å². The highest BCUT2D eigenvalue weighted by molar-refractivity contribution is 5.80. The summed E-state index contributed by atoms with van der Waals surface area (Å²) in [4.78, 5) is 20.2. The van der Waals surface area contributed by atoms with Crippen molar-refractivity contribution in [2.75, 3.05) is 13.2 Å². The van der Waals surface area contributed by atoms with Crippen LogP contribution in [0.3, 0.4) is 0 Å². The van der Waals surface area contributed by atoms with E-state index in [0.717, 1.165) is 12.8 Å². The Balaban J connectivity index is 1.50. The Morgan fingerprint density at radius 3 is 3.14 bits per heavy atom. The van der Waals surface area contributed by atoms with Crippen LogP contribution in [0.4, 0.5) is 0 Å². The fraction of sp³-hybridized carbons (Fsp3) is 0.429. The summed E-state index contributed by atoms with van der Waals surface area (Å²) in [6, 6.07) is 5.50. The molecule has 0 bridgehead atoms. The Morgan fingerprint density at radius 2 is 2.38 bits per heavy atom. The van der Waals surface area contributed by atoms with E-state index in [2.05, 4.69) is 20.4 Å². The summed E-state index contributed by atoms with van der Waals surface area (Å²) in [6.07, 6.45) is 3.58. The standard InChI is InChI=1S/C14H16N4O3/c19-14(11-5-3-9-20-11)16-8-6-12-17-13(18-21-12)10-4-1-2-7-15-10/h1-2,4,7,11H,3,5-6,8-9H2,(H,16,19)/t11-/m1/s1. The number of nitrogens with one attached hydrogen (secondary N) is 1. The molecule has 21 heavy (non-hydrogen) atoms. The van der Waals surface area contributed by atoms with Crippen LogP contribution in [-0.4, -0.2) is 40.3 Å². The molecule has 0 spiro atoms. The number of nitrogens with zero attached hydrogens (tertiary/aromatic N) is 3. The third kappa shape index (κ3) is 3.43. The van der Waals surface area contributed by atoms with Gasteiger partial charge in [-0.2, -0.15) is 4.98 Å². The molecule has 2 aromatic rings. The molecule has 1 fully saturated rings. The minimum Gasteiger partial charge on any atom is -0.368 e. The van der Waals surface area contributed by atoms with Crippen LogP contribution in [0.25, 0.3) is 11.5 Å². The number of pyridine rings is 1. The van der Waals surface area contributed by atoms with E-state index >= 15 is 0 Å². The molecule has 2 aromatic heterocycles. The van der Waals surface area contributed by atoms with Crippen LogP contribution in [0.2, 0.25) is 0 Å². The zero-order valence-corrected chi connectivity index (χ0v) is 11.5. The van der Waals surface area contributed by atoms with Crippen molar-refractivity contribution >= 4 is 5.91 Å². The highest BCUT2D eigenvalue weighted by Crippen LogP contribution is 2.13. The van der Waals surface area contributed by atoms with Gasteiger partial charge in [-0.05, 0) is 25.0 Å². The lowest BCUT2D eigenvalue weighted by Crippen LogP contribution is -2.35. The summed E-state index contributed by atoms with van der Waals surface area (Å²) < 4.78 is 10.5. The maximum atomic E-state index is 11.7. The van der Waals surface area contributed by atoms with Gasteiger partial charge in [0.25, 0.3) is 0 Å². The van der Waals surface area contributed by atoms with E-state index in [0.29, 0.717) is 37.0 Å². The van der Waals surface area contributed by atoms with Gasteiger partial charge in [0.1, 0.15) is 11.8 Å². The van der Waals surface area contributed by atoms with Crippen molar-refractivity contribution in [3.63, 3.8) is 0 Å². The first kappa shape index (κ1) is 13.7. The number of hydrogen-bond acceptors (Lipinski definition) is 6. The van der Waals surface area contributed by atoms with Gasteiger partial charge in [-0.25, -0.2) is 0 Å². The molecule has 3 heterocycles. The maximum absolute atomic E-state index is 11.7. The number of amides is 1. The molecule has 1 amide bonds. The molecule has 7 nitrogen and oxygen atoms in total. The van der Waals surface area contributed by atoms with Gasteiger partial charge >= 0.3 is 0 Å². The summed E-state index contributed by atoms with van der Waals surface area (Å²) in [7, 11) is 0. The predicted molar refractivity (Wildman–Crippen MR) is 73.2 cm³/mol. The monoisotopic (exact) mass is 288 g/mol. The van der Waals surface area contributed by atoms with Gasteiger partial charge in [-0.1, -0.05) is 11.2 Å². The maximum Gasteiger partial charge on any atom is 0.249 e. The highest BCUT2D eigenvalue weighted by atomic mass is 16.5. The first-order valence-corrected chi connectivity index (χ1v) is 6.96. The van der Waals surface area contributed by atoms with Crippen LogP contribution in [0, 0.1) is 0 Å². The number of carbonyl (C=O) groups is 1. The predicted octanol–water partition coefficient (Wildman–Crippen LogP) is 0.969. The molecule has 3 rings (SSSR count). The summed E-state index contributed by atoms with van der Waals surface area (Å²) in [6.45, 7) is 1.11. The van der Waals surface area contributed by atoms with E-state index in [1.54, 1.807) is 6.20 Å². The Hall–Kier alpha value is -2.28. The van der Waals surface area contributed by atoms with Crippen LogP contribution < -0.4 is 5.32 Å². The second-order valence-corrected chi connectivity index (χ2v) is 4.77. The molecule has 1 atom stereocenters. The largest absolute Gasteiger partial charge is 0.368 e. The first-order valence-electron chi connectivity index (χ1n) is 6.96. The molecule has 0 saturated carbocycles. The molecular formula is C14H16N4O3. The van der Waals surface area contributed by atoms with Crippen molar-refractivity contribution in [3.8, 4) is 11.5 Å². The zero-order valence-electron chi connectivity index (χ0n) is 11.5. The molecule has 7 heteroatoms. The first-order chi connectivity index (χ1) is 10.3. The van der Waals surface area contributed by atoms with Gasteiger partial charge in [0, 0.05) is 25.8 Å². The SMILES string of the molecule is O=C(NCCc1nc(-c2ccccn2)no1)[C@H]1CCCO1. The van der Waals surface area contributed by atoms with Crippen molar-refractivity contribution in [1.82, 2.24) is 20.4 Å². The van der Waals surface area contributed by atoms with E-state index in [4.69, 9.17) is 9.26 Å². The van der Waals surface area contributed by atoms with Gasteiger partial charge in [0.15, 0.2) is 0 Å². The lowest BCUT2D eigenvalue weighted by molar-refractivity contribution is -0.130. The Kier molecular flexibility index (Phi) is 4.20. The highest BCUT2D eigenvalue weighted by Gasteiger charge is 2.23. The van der Waals surface area contributed by atoms with Gasteiger partial charge in [-0.15, -0.1) is 0 Å². The van der Waals surface area contributed by atoms with Gasteiger partial charge in [0.2, 0.25) is 17.6 Å². The fourth-order valence-corrected chi connectivity index (χ4v) is 2.15. The molecule has 0 unspecified atom stereocenters. The Labute approximate surface area is 121 Å². The van der Waals surface area contributed by atoms with Crippen LogP contribution in [0.1, 0.15) is 18.7 Å². The quantitative estimate of drug-likeness (QED) is 0.881. The van der Waals surface area contributed by atoms with E-state index in [-0.39, 0.29) is 12.0 Å². The smallest absolute Gasteiger partial charge is 0.249 e. The average Bonchev–Trinajstić information content (AvgIpc) is 3.20. The fourth-order valence-electron chi connectivity index (χ4n) is 2.15. The molecule has 1 saturated heterocycles. The summed E-state index contributed by atoms with van der Waals surface area (Å²) in [5, 5.41) is 6.69. The number of rotatable bonds is 5. The van der Waals surface area contributed by atoms with E-state index in [1.807, 2.05) is 18.2 Å². The zero-order chi connectivity index (χ0) is 14.5. The lowest BCUT2D eigenvalue weighted by Gasteiger charge is -2.08. The Morgan fingerprint density at radius 1 is 1.43 bits per heavy atom. The summed E-state index contributed by atoms with van der Waals surface area (Å²) >= 11 is 0. The molecule has 0 aromatic carbocycles. The summed E-state index contributed by atoms with van der Waals surface area (Å²) in [5.74, 6) is 0.858. The van der Waals surface area contributed by atoms with E-state index in [9.17, 15) is 4.79 Å². The molecule has 1 aliphatic heterocycles. The Bertz CT molecular complexity index is 593. The molecule has 1 aliphatic rings. The van der Waals surface area contributed by atoms with Crippen LogP contribution in [-0.2, 0) is 16.0 Å². The van der Waals surface area contributed by atoms with Crippen molar-refractivity contribution in [2.24, 2.45) is 0 Å². The van der Waals surface area contributed by atoms with E-state index in [1.165, 1.54) is 0 Å². The van der Waals surface area contributed by atoms with Gasteiger partial charge in [-0.3, -0.25) is 9.78 Å². The van der Waals surface area contributed by atoms with Crippen LogP contribution in [0.5, 0.6) is 0 Å². The van der Waals surface area contributed by atoms with Crippen molar-refractivity contribution in [2.45, 2.75) is 25.4 Å². The second kappa shape index (κ2) is 6.45. The topological polar surface area (TPSA) is 90.1 Å². The summed E-state index contributed by atoms with van der Waals surface area (Å²) in [5.41, 5.74) is 0.663. The van der Waals surface area contributed by atoms with Crippen LogP contribution in [0.15, 0.2) is 28.9 Å². The second-order valence-electron chi connectivity index (χ2n) is 4.77. The minimum atomic E-state index is -0.309. The molecule has 0 radical (unpaired) electrons.